The number of terminal acetylenes is 2. The number of quaternary nitrogens is 1. The molecule has 5 aliphatic rings. The Labute approximate surface area is 542 Å². The fraction of sp³-hybridized carbons (Fsp3) is 0. The average molecular weight is 1220 g/mol. The van der Waals surface area contributed by atoms with Gasteiger partial charge in [-0.1, -0.05) is 23.0 Å². The molecule has 10 aromatic rings. The Morgan fingerprint density at radius 1 is 0.463 bits per heavy atom. The van der Waals surface area contributed by atoms with Crippen molar-refractivity contribution >= 4 is 157 Å². The summed E-state index contributed by atoms with van der Waals surface area (Å²) in [7, 11) is 0. The maximum absolute atomic E-state index is 7.25. The molecule has 80 heavy (non-hydrogen) atoms. The second-order valence-electron chi connectivity index (χ2n) is 12.5. The number of nitrogens with zero attached hydrogens (tertiary/aromatic N) is 34. The summed E-state index contributed by atoms with van der Waals surface area (Å²) in [5.41, 5.74) is 32.3. The summed E-state index contributed by atoms with van der Waals surface area (Å²) in [6.07, 6.45) is 9.18. The first-order valence-electron chi connectivity index (χ1n) is 19.1. The van der Waals surface area contributed by atoms with Crippen molar-refractivity contribution in [2.24, 2.45) is 29.2 Å². The van der Waals surface area contributed by atoms with Crippen LogP contribution in [0.25, 0.3) is 50.6 Å². The summed E-state index contributed by atoms with van der Waals surface area (Å²) in [5, 5.41) is 90.0. The molecule has 15 heterocycles. The standard InChI is InChI=1S/C4H3N9.4C4H2N9.C2H5N3.C2H4N2.K.Mg.H4N2.H3N.Sr.3H2.4H/c5*5-1-6-2-8-9-4-11-12-10-3(7-1)13(2)4;1-2-5(3)4;1-2-4-3;;;1-2;;;;;;;;;/h(H3,5,6,7,8,9,10,11);4*(H2-,5,6,7,8,9,10,11);1H,3-4H2;1,4H,3H2;;;1-2H2;1H3;;3*1H;;;;/q;4*-1;;;+1;+2;;;+2;;;;4*-1/p+1. The number of nitrogens with two attached hydrogens (primary N) is 5. The van der Waals surface area contributed by atoms with Gasteiger partial charge in [0.15, 0.2) is 52.3 Å². The molecule has 0 saturated heterocycles. The molecule has 0 bridgehead atoms. The van der Waals surface area contributed by atoms with E-state index < -0.39 is 0 Å². The zero-order chi connectivity index (χ0) is 53.9. The Bertz CT molecular complexity index is 3640. The molecular formula is C24H38KMgN53Sr-2. The zero-order valence-corrected chi connectivity index (χ0v) is 47.9. The van der Waals surface area contributed by atoms with Gasteiger partial charge in [0.1, 0.15) is 0 Å². The summed E-state index contributed by atoms with van der Waals surface area (Å²) in [4.78, 5) is 37.6. The van der Waals surface area contributed by atoms with Crippen LogP contribution in [0.2, 0.25) is 0 Å². The second kappa shape index (κ2) is 29.1. The van der Waals surface area contributed by atoms with Crippen molar-refractivity contribution in [2.45, 2.75) is 0 Å². The minimum Gasteiger partial charge on any atom is -1.00 e. The largest absolute Gasteiger partial charge is 2.00 e. The van der Waals surface area contributed by atoms with E-state index in [2.05, 4.69) is 212 Å². The average Bonchev–Trinajstić information content (AvgIpc) is 4.47. The quantitative estimate of drug-likeness (QED) is 0.0220. The fourth-order valence-electron chi connectivity index (χ4n) is 5.33. The molecule has 0 saturated carbocycles. The topological polar surface area (TPSA) is 774 Å². The van der Waals surface area contributed by atoms with E-state index in [0.717, 1.165) is 0 Å². The van der Waals surface area contributed by atoms with E-state index in [9.17, 15) is 0 Å². The summed E-state index contributed by atoms with van der Waals surface area (Å²) in [5.74, 6) is 27.1. The van der Waals surface area contributed by atoms with Crippen molar-refractivity contribution < 1.29 is 66.5 Å². The molecule has 0 aromatic carbocycles. The number of anilines is 6. The third-order valence-electron chi connectivity index (χ3n) is 8.06. The molecular weight excluding hydrogens is 1180 g/mol. The van der Waals surface area contributed by atoms with Crippen LogP contribution in [0.1, 0.15) is 9.99 Å². The molecule has 5 aliphatic heterocycles. The normalized spacial score (nSPS) is 11.0. The monoisotopic (exact) mass is 1220 g/mol. The minimum atomic E-state index is -0.145. The van der Waals surface area contributed by atoms with Gasteiger partial charge in [-0.3, -0.25) is 76.7 Å². The molecule has 26 N–H and O–H groups in total. The molecule has 0 spiro atoms. The summed E-state index contributed by atoms with van der Waals surface area (Å²) in [6.45, 7) is 0. The summed E-state index contributed by atoms with van der Waals surface area (Å²) < 4.78 is 7.44. The number of aromatic nitrogens is 30. The number of hydrogen-bond donors (Lipinski definition) is 19. The first-order valence-corrected chi connectivity index (χ1v) is 19.1. The van der Waals surface area contributed by atoms with Gasteiger partial charge < -0.3 is 71.1 Å². The van der Waals surface area contributed by atoms with Gasteiger partial charge in [-0.05, 0) is 26.1 Å². The van der Waals surface area contributed by atoms with Crippen LogP contribution in [0, 0.1) is 52.0 Å². The Morgan fingerprint density at radius 3 is 0.963 bits per heavy atom. The minimum absolute atomic E-state index is 0. The molecule has 0 unspecified atom stereocenters. The number of hydrazine groups is 3. The molecule has 15 rings (SSSR count). The molecule has 406 valence electrons. The van der Waals surface area contributed by atoms with Crippen LogP contribution in [-0.2, 0) is 0 Å². The smallest absolute Gasteiger partial charge is 1.00 e. The van der Waals surface area contributed by atoms with Crippen molar-refractivity contribution in [3.8, 4) is 24.9 Å². The van der Waals surface area contributed by atoms with Crippen LogP contribution in [0.3, 0.4) is 0 Å². The van der Waals surface area contributed by atoms with Crippen LogP contribution in [0.15, 0.2) is 0 Å². The van der Waals surface area contributed by atoms with Crippen molar-refractivity contribution in [3.63, 3.8) is 0 Å². The van der Waals surface area contributed by atoms with E-state index in [1.807, 2.05) is 17.5 Å². The third-order valence-corrected chi connectivity index (χ3v) is 8.06. The van der Waals surface area contributed by atoms with Gasteiger partial charge in [-0.15, -0.1) is 57.6 Å². The first kappa shape index (κ1) is 63.5. The summed E-state index contributed by atoms with van der Waals surface area (Å²) in [6, 6.07) is 3.96. The van der Waals surface area contributed by atoms with Crippen molar-refractivity contribution in [1.82, 2.24) is 160 Å². The maximum Gasteiger partial charge on any atom is 2.00 e. The maximum atomic E-state index is 7.25. The SMILES string of the molecule is C#CNN.C#C[NH+](N)N.N.N=c1nc2n3c(nnnc3n1)NN2.N=c1nc2n3c(nnnc3n1)N[N-]2.N=c1nc2n3c(nnnc3n1)N[N-]2.N=c1nc2n3c(nnnc3n1)N[N-]2.N=c1nc2n3c(nnnc3n1)N[N-]2.NN.[H-].[H-].[H-].[H-].[HH].[HH].[HH].[K+].[Mg+2].[Sr+2]. The van der Waals surface area contributed by atoms with E-state index >= 15 is 0 Å². The second-order valence-corrected chi connectivity index (χ2v) is 12.5. The predicted octanol–water partition coefficient (Wildman–Crippen LogP) is -14.2. The molecule has 0 atom stereocenters. The fourth-order valence-corrected chi connectivity index (χ4v) is 5.33. The van der Waals surface area contributed by atoms with Crippen molar-refractivity contribution in [1.29, 1.82) is 27.0 Å². The third kappa shape index (κ3) is 14.3. The van der Waals surface area contributed by atoms with Crippen LogP contribution < -0.4 is 158 Å². The molecule has 0 amide bonds. The van der Waals surface area contributed by atoms with Crippen LogP contribution >= 0.6 is 0 Å². The molecule has 0 fully saturated rings. The van der Waals surface area contributed by atoms with Gasteiger partial charge >= 0.3 is 120 Å². The summed E-state index contributed by atoms with van der Waals surface area (Å²) >= 11 is 0. The Balaban J connectivity index is -0.000000461. The van der Waals surface area contributed by atoms with E-state index in [-0.39, 0.29) is 198 Å². The van der Waals surface area contributed by atoms with Gasteiger partial charge in [-0.2, -0.15) is 9.97 Å². The van der Waals surface area contributed by atoms with Crippen molar-refractivity contribution in [3.05, 3.63) is 49.8 Å². The van der Waals surface area contributed by atoms with Gasteiger partial charge in [0.05, 0.1) is 23.8 Å². The van der Waals surface area contributed by atoms with E-state index in [0.29, 0.717) is 59.5 Å². The molecule has 0 aliphatic carbocycles. The van der Waals surface area contributed by atoms with Crippen LogP contribution in [-0.4, -0.2) is 217 Å². The van der Waals surface area contributed by atoms with Gasteiger partial charge in [0.2, 0.25) is 34.7 Å². The van der Waals surface area contributed by atoms with Gasteiger partial charge in [-0.25, -0.2) is 30.2 Å². The van der Waals surface area contributed by atoms with E-state index in [4.69, 9.17) is 38.7 Å². The van der Waals surface area contributed by atoms with E-state index in [1.54, 1.807) is 0 Å². The van der Waals surface area contributed by atoms with Gasteiger partial charge in [0, 0.05) is 10.3 Å². The Kier molecular flexibility index (Phi) is 23.0. The van der Waals surface area contributed by atoms with E-state index in [1.165, 1.54) is 22.0 Å². The predicted molar refractivity (Wildman–Crippen MR) is 265 cm³/mol. The van der Waals surface area contributed by atoms with Crippen molar-refractivity contribution in [2.75, 3.05) is 32.6 Å². The number of hydrogen-bond acceptors (Lipinski definition) is 43. The van der Waals surface area contributed by atoms with Gasteiger partial charge in [0.25, 0.3) is 11.7 Å². The molecule has 56 heteroatoms. The van der Waals surface area contributed by atoms with Crippen LogP contribution in [0.4, 0.5) is 59.5 Å². The number of nitrogens with one attached hydrogen (secondary N) is 13. The Morgan fingerprint density at radius 2 is 0.700 bits per heavy atom. The number of rotatable bonds is 0. The first-order chi connectivity index (χ1) is 36.9. The molecule has 10 aromatic heterocycles. The Hall–Kier alpha value is -9.08. The van der Waals surface area contributed by atoms with Crippen LogP contribution in [0.5, 0.6) is 0 Å². The molecule has 0 radical (unpaired) electrons. The zero-order valence-electron chi connectivity index (χ0n) is 43.9. The molecule has 53 nitrogen and oxygen atoms in total.